The van der Waals surface area contributed by atoms with E-state index in [2.05, 4.69) is 37.3 Å². The molecule has 0 fully saturated rings. The number of hydrogen-bond acceptors (Lipinski definition) is 0. The van der Waals surface area contributed by atoms with Crippen LogP contribution in [-0.4, -0.2) is 20.9 Å². The maximum absolute atomic E-state index is 2.32. The van der Waals surface area contributed by atoms with Gasteiger partial charge in [0, 0.05) is 0 Å². The predicted octanol–water partition coefficient (Wildman–Crippen LogP) is 8.48. The van der Waals surface area contributed by atoms with Crippen LogP contribution in [0.3, 0.4) is 0 Å². The van der Waals surface area contributed by atoms with Crippen LogP contribution in [0, 0.1) is 0 Å². The molecule has 1 aromatic rings. The molecular formula is C26H46Te. The summed E-state index contributed by atoms with van der Waals surface area (Å²) in [5.74, 6) is 0. The van der Waals surface area contributed by atoms with Gasteiger partial charge in [0.1, 0.15) is 0 Å². The Balaban J connectivity index is 1.67. The molecule has 1 aromatic carbocycles. The molecule has 27 heavy (non-hydrogen) atoms. The topological polar surface area (TPSA) is 0 Å². The average molecular weight is 486 g/mol. The molecule has 0 unspecified atom stereocenters. The van der Waals surface area contributed by atoms with Gasteiger partial charge in [0.25, 0.3) is 0 Å². The van der Waals surface area contributed by atoms with Gasteiger partial charge in [-0.1, -0.05) is 51.9 Å². The van der Waals surface area contributed by atoms with E-state index < -0.39 is 0 Å². The summed E-state index contributed by atoms with van der Waals surface area (Å²) in [5, 5.41) is 0. The van der Waals surface area contributed by atoms with Crippen LogP contribution in [0.2, 0.25) is 4.47 Å². The summed E-state index contributed by atoms with van der Waals surface area (Å²) < 4.78 is 3.13. The van der Waals surface area contributed by atoms with Crippen molar-refractivity contribution in [2.24, 2.45) is 0 Å². The van der Waals surface area contributed by atoms with Gasteiger partial charge in [-0.15, -0.1) is 0 Å². The Hall–Kier alpha value is 0.00961. The van der Waals surface area contributed by atoms with Gasteiger partial charge >= 0.3 is 130 Å². The SMILES string of the molecule is CCCCCCCCCCCCCCCCCCCC[Te]c1ccccc1. The first kappa shape index (κ1) is 25.0. The van der Waals surface area contributed by atoms with Gasteiger partial charge in [-0.05, 0) is 0 Å². The first-order valence-electron chi connectivity index (χ1n) is 12.1. The minimum atomic E-state index is 0.101. The van der Waals surface area contributed by atoms with E-state index in [1.54, 1.807) is 3.61 Å². The molecule has 1 heteroatoms. The van der Waals surface area contributed by atoms with Crippen LogP contribution >= 0.6 is 0 Å². The maximum atomic E-state index is 2.32. The van der Waals surface area contributed by atoms with Crippen molar-refractivity contribution in [3.05, 3.63) is 30.3 Å². The van der Waals surface area contributed by atoms with Gasteiger partial charge in [-0.3, -0.25) is 0 Å². The fraction of sp³-hybridized carbons (Fsp3) is 0.769. The van der Waals surface area contributed by atoms with Crippen molar-refractivity contribution in [1.29, 1.82) is 0 Å². The molecule has 0 aliphatic carbocycles. The quantitative estimate of drug-likeness (QED) is 0.128. The molecule has 0 aliphatic heterocycles. The van der Waals surface area contributed by atoms with E-state index in [4.69, 9.17) is 0 Å². The molecule has 0 nitrogen and oxygen atoms in total. The summed E-state index contributed by atoms with van der Waals surface area (Å²) >= 11 is 0.101. The zero-order valence-corrected chi connectivity index (χ0v) is 20.6. The molecular weight excluding hydrogens is 440 g/mol. The molecule has 1 rings (SSSR count). The van der Waals surface area contributed by atoms with Crippen LogP contribution in [0.4, 0.5) is 0 Å². The normalized spacial score (nSPS) is 11.1. The third-order valence-corrected chi connectivity index (χ3v) is 8.64. The fourth-order valence-electron chi connectivity index (χ4n) is 3.71. The van der Waals surface area contributed by atoms with Crippen molar-refractivity contribution in [3.63, 3.8) is 0 Å². The van der Waals surface area contributed by atoms with Crippen LogP contribution in [0.15, 0.2) is 30.3 Å². The fourth-order valence-corrected chi connectivity index (χ4v) is 6.38. The third kappa shape index (κ3) is 17.8. The third-order valence-electron chi connectivity index (χ3n) is 5.51. The molecule has 0 aromatic heterocycles. The molecule has 156 valence electrons. The summed E-state index contributed by atoms with van der Waals surface area (Å²) in [6, 6.07) is 11.1. The first-order valence-corrected chi connectivity index (χ1v) is 14.9. The molecule has 0 N–H and O–H groups in total. The summed E-state index contributed by atoms with van der Waals surface area (Å²) in [5.41, 5.74) is 0. The second kappa shape index (κ2) is 20.7. The summed E-state index contributed by atoms with van der Waals surface area (Å²) in [6.45, 7) is 2.30. The van der Waals surface area contributed by atoms with E-state index in [0.29, 0.717) is 0 Å². The molecule has 0 aliphatic rings. The molecule has 0 atom stereocenters. The Morgan fingerprint density at radius 1 is 0.481 bits per heavy atom. The minimum absolute atomic E-state index is 0.101. The Kier molecular flexibility index (Phi) is 19.2. The number of unbranched alkanes of at least 4 members (excludes halogenated alkanes) is 17. The summed E-state index contributed by atoms with van der Waals surface area (Å²) in [4.78, 5) is 0. The zero-order valence-electron chi connectivity index (χ0n) is 18.2. The second-order valence-electron chi connectivity index (χ2n) is 8.17. The van der Waals surface area contributed by atoms with E-state index in [1.807, 2.05) is 0 Å². The average Bonchev–Trinajstić information content (AvgIpc) is 2.70. The molecule has 0 radical (unpaired) electrons. The van der Waals surface area contributed by atoms with Gasteiger partial charge in [-0.25, -0.2) is 0 Å². The first-order chi connectivity index (χ1) is 13.4. The van der Waals surface area contributed by atoms with Crippen LogP contribution in [-0.2, 0) is 0 Å². The van der Waals surface area contributed by atoms with E-state index in [1.165, 1.54) is 120 Å². The van der Waals surface area contributed by atoms with Crippen molar-refractivity contribution >= 4 is 24.5 Å². The molecule has 0 amide bonds. The number of rotatable bonds is 20. The standard InChI is InChI=1S/C26H46Te/c1-2-3-4-5-6-7-8-9-10-11-12-13-14-15-16-17-18-22-25-27-26-23-20-19-21-24-26/h19-21,23-24H,2-18,22,25H2,1H3. The van der Waals surface area contributed by atoms with Gasteiger partial charge in [0.2, 0.25) is 0 Å². The number of benzene rings is 1. The summed E-state index contributed by atoms with van der Waals surface area (Å²) in [6.07, 6.45) is 26.5. The van der Waals surface area contributed by atoms with E-state index in [-0.39, 0.29) is 20.9 Å². The Labute approximate surface area is 181 Å². The van der Waals surface area contributed by atoms with Crippen molar-refractivity contribution in [2.45, 2.75) is 127 Å². The molecule has 0 saturated heterocycles. The zero-order chi connectivity index (χ0) is 19.3. The van der Waals surface area contributed by atoms with Crippen molar-refractivity contribution in [1.82, 2.24) is 0 Å². The monoisotopic (exact) mass is 488 g/mol. The Morgan fingerprint density at radius 3 is 1.26 bits per heavy atom. The molecule has 0 spiro atoms. The van der Waals surface area contributed by atoms with Crippen LogP contribution in [0.5, 0.6) is 0 Å². The molecule has 0 bridgehead atoms. The van der Waals surface area contributed by atoms with Crippen LogP contribution in [0.25, 0.3) is 0 Å². The van der Waals surface area contributed by atoms with Crippen LogP contribution < -0.4 is 3.61 Å². The summed E-state index contributed by atoms with van der Waals surface area (Å²) in [7, 11) is 0. The van der Waals surface area contributed by atoms with E-state index in [9.17, 15) is 0 Å². The predicted molar refractivity (Wildman–Crippen MR) is 125 cm³/mol. The molecule has 0 saturated carbocycles. The van der Waals surface area contributed by atoms with Gasteiger partial charge in [0.05, 0.1) is 0 Å². The van der Waals surface area contributed by atoms with Crippen molar-refractivity contribution in [3.8, 4) is 0 Å². The van der Waals surface area contributed by atoms with Gasteiger partial charge < -0.3 is 0 Å². The Morgan fingerprint density at radius 2 is 0.852 bits per heavy atom. The van der Waals surface area contributed by atoms with Crippen molar-refractivity contribution in [2.75, 3.05) is 0 Å². The molecule has 0 heterocycles. The van der Waals surface area contributed by atoms with Gasteiger partial charge in [-0.2, -0.15) is 0 Å². The Bertz CT molecular complexity index is 386. The number of hydrogen-bond donors (Lipinski definition) is 0. The van der Waals surface area contributed by atoms with E-state index >= 15 is 0 Å². The van der Waals surface area contributed by atoms with Crippen LogP contribution in [0.1, 0.15) is 122 Å². The second-order valence-corrected chi connectivity index (χ2v) is 11.5. The van der Waals surface area contributed by atoms with Crippen molar-refractivity contribution < 1.29 is 0 Å². The van der Waals surface area contributed by atoms with E-state index in [0.717, 1.165) is 0 Å². The van der Waals surface area contributed by atoms with Gasteiger partial charge in [0.15, 0.2) is 0 Å².